The molecule has 17 heavy (non-hydrogen) atoms. The van der Waals surface area contributed by atoms with Crippen LogP contribution in [0.25, 0.3) is 0 Å². The summed E-state index contributed by atoms with van der Waals surface area (Å²) in [5, 5.41) is 10.7. The van der Waals surface area contributed by atoms with Crippen molar-refractivity contribution >= 4 is 18.0 Å². The van der Waals surface area contributed by atoms with Crippen molar-refractivity contribution in [1.29, 1.82) is 0 Å². The summed E-state index contributed by atoms with van der Waals surface area (Å²) in [7, 11) is 0. The van der Waals surface area contributed by atoms with Crippen LogP contribution < -0.4 is 5.32 Å². The molecule has 0 spiro atoms. The molecule has 0 bridgehead atoms. The lowest BCUT2D eigenvalue weighted by Gasteiger charge is -2.21. The highest BCUT2D eigenvalue weighted by Crippen LogP contribution is 2.07. The third kappa shape index (κ3) is 6.39. The van der Waals surface area contributed by atoms with Gasteiger partial charge in [-0.2, -0.15) is 0 Å². The van der Waals surface area contributed by atoms with Gasteiger partial charge in [0.25, 0.3) is 0 Å². The van der Waals surface area contributed by atoms with Crippen molar-refractivity contribution in [3.8, 4) is 0 Å². The van der Waals surface area contributed by atoms with E-state index in [4.69, 9.17) is 9.84 Å². The van der Waals surface area contributed by atoms with Crippen LogP contribution in [-0.2, 0) is 19.1 Å². The molecule has 0 rings (SSSR count). The van der Waals surface area contributed by atoms with Crippen LogP contribution in [0.3, 0.4) is 0 Å². The van der Waals surface area contributed by atoms with E-state index in [1.807, 2.05) is 5.32 Å². The van der Waals surface area contributed by atoms with E-state index in [0.29, 0.717) is 0 Å². The predicted molar refractivity (Wildman–Crippen MR) is 57.4 cm³/mol. The maximum absolute atomic E-state index is 11.3. The van der Waals surface area contributed by atoms with Gasteiger partial charge in [0.05, 0.1) is 6.61 Å². The van der Waals surface area contributed by atoms with E-state index in [2.05, 4.69) is 4.74 Å². The summed E-state index contributed by atoms with van der Waals surface area (Å²) in [5.41, 5.74) is -0.776. The molecule has 7 nitrogen and oxygen atoms in total. The van der Waals surface area contributed by atoms with Crippen molar-refractivity contribution < 1.29 is 29.0 Å². The molecule has 2 N–H and O–H groups in total. The molecule has 0 saturated carbocycles. The Balaban J connectivity index is 4.51. The lowest BCUT2D eigenvalue weighted by Crippen LogP contribution is -2.48. The average Bonchev–Trinajstić information content (AvgIpc) is 2.11. The van der Waals surface area contributed by atoms with Gasteiger partial charge in [0.2, 0.25) is 6.04 Å². The lowest BCUT2D eigenvalue weighted by molar-refractivity contribution is -0.154. The zero-order valence-corrected chi connectivity index (χ0v) is 10.3. The molecule has 1 atom stereocenters. The first-order valence-corrected chi connectivity index (χ1v) is 5.06. The standard InChI is InChI=1S/C10H17NO6/c1-5-16-8(14)6(7(12)13)11-9(15)17-10(2,3)4/h6H,5H2,1-4H3,(H,11,15)(H,12,13). The van der Waals surface area contributed by atoms with Crippen molar-refractivity contribution in [2.24, 2.45) is 0 Å². The Labute approximate surface area is 99.1 Å². The second-order valence-corrected chi connectivity index (χ2v) is 4.17. The van der Waals surface area contributed by atoms with Gasteiger partial charge in [0.1, 0.15) is 5.60 Å². The summed E-state index contributed by atoms with van der Waals surface area (Å²) in [6.45, 7) is 6.41. The fourth-order valence-electron chi connectivity index (χ4n) is 0.872. The van der Waals surface area contributed by atoms with Crippen LogP contribution in [0.4, 0.5) is 4.79 Å². The molecular formula is C10H17NO6. The Hall–Kier alpha value is -1.79. The molecule has 0 aliphatic rings. The van der Waals surface area contributed by atoms with Crippen LogP contribution in [0.15, 0.2) is 0 Å². The first-order valence-electron chi connectivity index (χ1n) is 5.06. The Bertz CT molecular complexity index is 306. The highest BCUT2D eigenvalue weighted by atomic mass is 16.6. The quantitative estimate of drug-likeness (QED) is 0.555. The molecule has 0 aromatic heterocycles. The smallest absolute Gasteiger partial charge is 0.408 e. The second-order valence-electron chi connectivity index (χ2n) is 4.17. The molecular weight excluding hydrogens is 230 g/mol. The first-order chi connectivity index (χ1) is 7.67. The number of aliphatic carboxylic acids is 1. The number of rotatable bonds is 4. The van der Waals surface area contributed by atoms with Gasteiger partial charge in [0.15, 0.2) is 0 Å². The zero-order valence-electron chi connectivity index (χ0n) is 10.3. The number of nitrogens with one attached hydrogen (secondary N) is 1. The van der Waals surface area contributed by atoms with Crippen LogP contribution in [0.1, 0.15) is 27.7 Å². The van der Waals surface area contributed by atoms with Gasteiger partial charge >= 0.3 is 18.0 Å². The van der Waals surface area contributed by atoms with Crippen molar-refractivity contribution in [3.05, 3.63) is 0 Å². The number of hydrogen-bond acceptors (Lipinski definition) is 5. The maximum Gasteiger partial charge on any atom is 0.408 e. The van der Waals surface area contributed by atoms with E-state index in [1.165, 1.54) is 6.92 Å². The molecule has 0 aromatic rings. The molecule has 0 saturated heterocycles. The molecule has 1 unspecified atom stereocenters. The van der Waals surface area contributed by atoms with Gasteiger partial charge in [-0.25, -0.2) is 14.4 Å². The Morgan fingerprint density at radius 1 is 1.29 bits per heavy atom. The van der Waals surface area contributed by atoms with E-state index in [0.717, 1.165) is 0 Å². The number of carbonyl (C=O) groups is 3. The van der Waals surface area contributed by atoms with Crippen LogP contribution in [0.2, 0.25) is 0 Å². The number of carbonyl (C=O) groups excluding carboxylic acids is 2. The Morgan fingerprint density at radius 3 is 2.18 bits per heavy atom. The van der Waals surface area contributed by atoms with Crippen LogP contribution >= 0.6 is 0 Å². The first kappa shape index (κ1) is 15.2. The third-order valence-electron chi connectivity index (χ3n) is 1.43. The summed E-state index contributed by atoms with van der Waals surface area (Å²) in [6, 6.07) is -1.76. The van der Waals surface area contributed by atoms with Crippen molar-refractivity contribution in [3.63, 3.8) is 0 Å². The molecule has 0 aromatic carbocycles. The van der Waals surface area contributed by atoms with E-state index in [1.54, 1.807) is 20.8 Å². The largest absolute Gasteiger partial charge is 0.479 e. The van der Waals surface area contributed by atoms with Crippen molar-refractivity contribution in [2.75, 3.05) is 6.61 Å². The fourth-order valence-corrected chi connectivity index (χ4v) is 0.872. The number of carboxylic acids is 1. The SMILES string of the molecule is CCOC(=O)C(NC(=O)OC(C)(C)C)C(=O)O. The summed E-state index contributed by atoms with van der Waals surface area (Å²) >= 11 is 0. The lowest BCUT2D eigenvalue weighted by atomic mass is 10.2. The van der Waals surface area contributed by atoms with E-state index < -0.39 is 29.7 Å². The normalized spacial score (nSPS) is 12.5. The molecule has 1 amide bonds. The number of esters is 1. The molecule has 98 valence electrons. The highest BCUT2D eigenvalue weighted by Gasteiger charge is 2.31. The number of ether oxygens (including phenoxy) is 2. The topological polar surface area (TPSA) is 102 Å². The summed E-state index contributed by atoms with van der Waals surface area (Å²) in [4.78, 5) is 33.2. The van der Waals surface area contributed by atoms with Gasteiger partial charge in [-0.05, 0) is 27.7 Å². The minimum Gasteiger partial charge on any atom is -0.479 e. The Kier molecular flexibility index (Phi) is 5.43. The fraction of sp³-hybridized carbons (Fsp3) is 0.700. The minimum atomic E-state index is -1.76. The van der Waals surface area contributed by atoms with Crippen molar-refractivity contribution in [2.45, 2.75) is 39.3 Å². The van der Waals surface area contributed by atoms with E-state index in [9.17, 15) is 14.4 Å². The van der Waals surface area contributed by atoms with Gasteiger partial charge < -0.3 is 14.6 Å². The molecule has 0 aliphatic carbocycles. The average molecular weight is 247 g/mol. The number of hydrogen-bond donors (Lipinski definition) is 2. The Morgan fingerprint density at radius 2 is 1.82 bits per heavy atom. The van der Waals surface area contributed by atoms with Crippen LogP contribution in [0, 0.1) is 0 Å². The van der Waals surface area contributed by atoms with Gasteiger partial charge in [0, 0.05) is 0 Å². The monoisotopic (exact) mass is 247 g/mol. The maximum atomic E-state index is 11.3. The van der Waals surface area contributed by atoms with E-state index >= 15 is 0 Å². The molecule has 0 radical (unpaired) electrons. The van der Waals surface area contributed by atoms with Crippen LogP contribution in [-0.4, -0.2) is 41.4 Å². The highest BCUT2D eigenvalue weighted by molar-refractivity contribution is 6.00. The number of amides is 1. The van der Waals surface area contributed by atoms with Gasteiger partial charge in [-0.15, -0.1) is 0 Å². The van der Waals surface area contributed by atoms with E-state index in [-0.39, 0.29) is 6.61 Å². The zero-order chi connectivity index (χ0) is 13.6. The van der Waals surface area contributed by atoms with Gasteiger partial charge in [-0.3, -0.25) is 5.32 Å². The van der Waals surface area contributed by atoms with Crippen molar-refractivity contribution in [1.82, 2.24) is 5.32 Å². The molecule has 0 fully saturated rings. The third-order valence-corrected chi connectivity index (χ3v) is 1.43. The number of carboxylic acid groups (broad SMARTS) is 1. The summed E-state index contributed by atoms with van der Waals surface area (Å²) in [6.07, 6.45) is -0.988. The summed E-state index contributed by atoms with van der Waals surface area (Å²) in [5.74, 6) is -2.54. The van der Waals surface area contributed by atoms with Crippen LogP contribution in [0.5, 0.6) is 0 Å². The second kappa shape index (κ2) is 6.07. The molecule has 0 heterocycles. The molecule has 7 heteroatoms. The number of alkyl carbamates (subject to hydrolysis) is 1. The summed E-state index contributed by atoms with van der Waals surface area (Å²) < 4.78 is 9.33. The predicted octanol–water partition coefficient (Wildman–Crippen LogP) is 0.527. The van der Waals surface area contributed by atoms with Gasteiger partial charge in [-0.1, -0.05) is 0 Å². The minimum absolute atomic E-state index is 0.0264. The molecule has 0 aliphatic heterocycles.